The van der Waals surface area contributed by atoms with Gasteiger partial charge in [0.05, 0.1) is 5.92 Å². The number of allylic oxidation sites excluding steroid dienone is 1. The van der Waals surface area contributed by atoms with Gasteiger partial charge in [0.2, 0.25) is 0 Å². The maximum Gasteiger partial charge on any atom is 0.319 e. The summed E-state index contributed by atoms with van der Waals surface area (Å²) in [4.78, 5) is 12.8. The number of esters is 1. The van der Waals surface area contributed by atoms with E-state index in [2.05, 4.69) is 12.1 Å². The molecule has 0 saturated heterocycles. The Morgan fingerprint density at radius 2 is 1.52 bits per heavy atom. The molecule has 0 unspecified atom stereocenters. The fraction of sp³-hybridized carbons (Fsp3) is 0.286. The van der Waals surface area contributed by atoms with Gasteiger partial charge in [-0.3, -0.25) is 4.79 Å². The van der Waals surface area contributed by atoms with Gasteiger partial charge in [-0.05, 0) is 35.8 Å². The van der Waals surface area contributed by atoms with Crippen LogP contribution in [0.5, 0.6) is 0 Å². The van der Waals surface area contributed by atoms with E-state index in [1.165, 1.54) is 18.4 Å². The highest BCUT2D eigenvalue weighted by molar-refractivity contribution is 5.89. The maximum absolute atomic E-state index is 12.8. The molecule has 2 nitrogen and oxygen atoms in total. The molecular weight excluding hydrogens is 284 g/mol. The van der Waals surface area contributed by atoms with Gasteiger partial charge < -0.3 is 4.74 Å². The summed E-state index contributed by atoms with van der Waals surface area (Å²) in [5, 5.41) is 0. The number of carbonyl (C=O) groups is 1. The standard InChI is InChI=1S/C21H18O2/c22-21-19(13-7-3-1-4-8-13)17-15-11-16(12-15)18(17)20(23-21)14-9-5-2-6-10-14/h1-10,15-17,19H,11-12H2/t15?,16?,17-,19+/m0/s1. The molecule has 23 heavy (non-hydrogen) atoms. The van der Waals surface area contributed by atoms with E-state index >= 15 is 0 Å². The molecule has 3 fully saturated rings. The summed E-state index contributed by atoms with van der Waals surface area (Å²) in [5.41, 5.74) is 3.54. The van der Waals surface area contributed by atoms with Gasteiger partial charge in [0.1, 0.15) is 5.76 Å². The fourth-order valence-corrected chi connectivity index (χ4v) is 4.71. The smallest absolute Gasteiger partial charge is 0.319 e. The lowest BCUT2D eigenvalue weighted by atomic mass is 9.76. The van der Waals surface area contributed by atoms with Crippen molar-refractivity contribution in [1.29, 1.82) is 0 Å². The molecule has 1 heterocycles. The average molecular weight is 302 g/mol. The minimum Gasteiger partial charge on any atom is -0.425 e. The van der Waals surface area contributed by atoms with Crippen molar-refractivity contribution >= 4 is 11.7 Å². The van der Waals surface area contributed by atoms with Crippen LogP contribution < -0.4 is 0 Å². The van der Waals surface area contributed by atoms with Gasteiger partial charge in [0.25, 0.3) is 0 Å². The van der Waals surface area contributed by atoms with Crippen LogP contribution in [0, 0.1) is 17.8 Å². The van der Waals surface area contributed by atoms with Crippen LogP contribution in [0.2, 0.25) is 0 Å². The van der Waals surface area contributed by atoms with Gasteiger partial charge in [-0.25, -0.2) is 0 Å². The molecule has 4 aliphatic rings. The summed E-state index contributed by atoms with van der Waals surface area (Å²) in [5.74, 6) is 2.22. The van der Waals surface area contributed by atoms with Crippen LogP contribution in [-0.2, 0) is 9.53 Å². The Labute approximate surface area is 135 Å². The number of hydrogen-bond donors (Lipinski definition) is 0. The molecule has 0 spiro atoms. The third-order valence-electron chi connectivity index (χ3n) is 5.75. The van der Waals surface area contributed by atoms with Crippen LogP contribution >= 0.6 is 0 Å². The highest BCUT2D eigenvalue weighted by Crippen LogP contribution is 2.64. The van der Waals surface area contributed by atoms with E-state index in [1.54, 1.807) is 0 Å². The number of carbonyl (C=O) groups excluding carboxylic acids is 1. The number of rotatable bonds is 2. The second kappa shape index (κ2) is 4.82. The molecule has 2 bridgehead atoms. The molecule has 1 aliphatic heterocycles. The van der Waals surface area contributed by atoms with Gasteiger partial charge in [0, 0.05) is 11.5 Å². The summed E-state index contributed by atoms with van der Waals surface area (Å²) in [7, 11) is 0. The second-order valence-electron chi connectivity index (χ2n) is 6.91. The van der Waals surface area contributed by atoms with E-state index in [0.29, 0.717) is 17.8 Å². The minimum atomic E-state index is -0.129. The zero-order chi connectivity index (χ0) is 15.4. The van der Waals surface area contributed by atoms with E-state index in [1.807, 2.05) is 48.5 Å². The Morgan fingerprint density at radius 1 is 0.870 bits per heavy atom. The normalized spacial score (nSPS) is 31.4. The third kappa shape index (κ3) is 1.84. The van der Waals surface area contributed by atoms with Crippen molar-refractivity contribution < 1.29 is 9.53 Å². The summed E-state index contributed by atoms with van der Waals surface area (Å²) in [6.45, 7) is 0. The molecule has 0 N–H and O–H groups in total. The molecule has 2 aromatic rings. The Morgan fingerprint density at radius 3 is 2.22 bits per heavy atom. The predicted molar refractivity (Wildman–Crippen MR) is 88.3 cm³/mol. The number of benzene rings is 2. The van der Waals surface area contributed by atoms with E-state index in [9.17, 15) is 4.79 Å². The molecular formula is C21H18O2. The van der Waals surface area contributed by atoms with Crippen LogP contribution in [-0.4, -0.2) is 5.97 Å². The zero-order valence-corrected chi connectivity index (χ0v) is 12.8. The SMILES string of the molecule is O=C1OC(c2ccccc2)=C2C3CC(C3)[C@@H]2[C@H]1c1ccccc1. The Bertz CT molecular complexity index is 785. The molecule has 114 valence electrons. The average Bonchev–Trinajstić information content (AvgIpc) is 3.10. The van der Waals surface area contributed by atoms with Crippen molar-refractivity contribution in [1.82, 2.24) is 0 Å². The first kappa shape index (κ1) is 13.1. The zero-order valence-electron chi connectivity index (χ0n) is 12.8. The van der Waals surface area contributed by atoms with Gasteiger partial charge in [0.15, 0.2) is 0 Å². The lowest BCUT2D eigenvalue weighted by Crippen LogP contribution is -2.30. The summed E-state index contributed by atoms with van der Waals surface area (Å²) in [6, 6.07) is 20.3. The molecule has 3 saturated carbocycles. The molecule has 0 aromatic heterocycles. The molecule has 2 atom stereocenters. The highest BCUT2D eigenvalue weighted by Gasteiger charge is 2.57. The van der Waals surface area contributed by atoms with Crippen LogP contribution in [0.25, 0.3) is 5.76 Å². The van der Waals surface area contributed by atoms with E-state index in [-0.39, 0.29) is 11.9 Å². The van der Waals surface area contributed by atoms with Crippen molar-refractivity contribution in [3.05, 3.63) is 77.4 Å². The molecule has 0 amide bonds. The lowest BCUT2D eigenvalue weighted by Gasteiger charge is -2.31. The molecule has 0 radical (unpaired) electrons. The first-order chi connectivity index (χ1) is 11.3. The third-order valence-corrected chi connectivity index (χ3v) is 5.75. The maximum atomic E-state index is 12.8. The molecule has 3 aliphatic carbocycles. The first-order valence-electron chi connectivity index (χ1n) is 8.39. The van der Waals surface area contributed by atoms with Crippen molar-refractivity contribution in [2.24, 2.45) is 17.8 Å². The van der Waals surface area contributed by atoms with Crippen molar-refractivity contribution in [2.45, 2.75) is 18.8 Å². The topological polar surface area (TPSA) is 26.3 Å². The van der Waals surface area contributed by atoms with Crippen molar-refractivity contribution in [3.8, 4) is 0 Å². The van der Waals surface area contributed by atoms with Crippen LogP contribution in [0.4, 0.5) is 0 Å². The Hall–Kier alpha value is -2.35. The van der Waals surface area contributed by atoms with E-state index < -0.39 is 0 Å². The summed E-state index contributed by atoms with van der Waals surface area (Å²) in [6.07, 6.45) is 2.44. The second-order valence-corrected chi connectivity index (χ2v) is 6.91. The quantitative estimate of drug-likeness (QED) is 0.769. The number of cyclic esters (lactones) is 1. The van der Waals surface area contributed by atoms with Crippen LogP contribution in [0.1, 0.15) is 29.9 Å². The number of hydrogen-bond acceptors (Lipinski definition) is 2. The van der Waals surface area contributed by atoms with Gasteiger partial charge in [-0.2, -0.15) is 0 Å². The van der Waals surface area contributed by atoms with Crippen LogP contribution in [0.3, 0.4) is 0 Å². The van der Waals surface area contributed by atoms with E-state index in [4.69, 9.17) is 4.74 Å². The Kier molecular flexibility index (Phi) is 2.75. The molecule has 2 heteroatoms. The molecule has 6 rings (SSSR count). The highest BCUT2D eigenvalue weighted by atomic mass is 16.5. The molecule has 2 aromatic carbocycles. The largest absolute Gasteiger partial charge is 0.425 e. The number of ether oxygens (including phenoxy) is 1. The lowest BCUT2D eigenvalue weighted by molar-refractivity contribution is -0.140. The van der Waals surface area contributed by atoms with Gasteiger partial charge >= 0.3 is 5.97 Å². The predicted octanol–water partition coefficient (Wildman–Crippen LogP) is 4.39. The monoisotopic (exact) mass is 302 g/mol. The minimum absolute atomic E-state index is 0.0867. The summed E-state index contributed by atoms with van der Waals surface area (Å²) >= 11 is 0. The van der Waals surface area contributed by atoms with Crippen molar-refractivity contribution in [2.75, 3.05) is 0 Å². The van der Waals surface area contributed by atoms with Gasteiger partial charge in [-0.1, -0.05) is 60.7 Å². The van der Waals surface area contributed by atoms with Gasteiger partial charge in [-0.15, -0.1) is 0 Å². The van der Waals surface area contributed by atoms with Crippen molar-refractivity contribution in [3.63, 3.8) is 0 Å². The summed E-state index contributed by atoms with van der Waals surface area (Å²) < 4.78 is 5.89. The van der Waals surface area contributed by atoms with E-state index in [0.717, 1.165) is 16.9 Å². The first-order valence-corrected chi connectivity index (χ1v) is 8.39. The fourth-order valence-electron chi connectivity index (χ4n) is 4.71. The Balaban J connectivity index is 1.66. The van der Waals surface area contributed by atoms with Crippen LogP contribution in [0.15, 0.2) is 66.2 Å².